The molecule has 0 spiro atoms. The number of hydrogen-bond acceptors (Lipinski definition) is 5. The summed E-state index contributed by atoms with van der Waals surface area (Å²) in [6, 6.07) is 1.94. The van der Waals surface area contributed by atoms with Crippen LogP contribution in [0.5, 0.6) is 0 Å². The minimum atomic E-state index is 0.345. The van der Waals surface area contributed by atoms with Crippen LogP contribution in [0, 0.1) is 27.7 Å². The molecule has 0 saturated carbocycles. The summed E-state index contributed by atoms with van der Waals surface area (Å²) in [5.74, 6) is 0. The minimum Gasteiger partial charge on any atom is -0.389 e. The van der Waals surface area contributed by atoms with Gasteiger partial charge in [-0.1, -0.05) is 12.2 Å². The summed E-state index contributed by atoms with van der Waals surface area (Å²) in [4.78, 5) is 10.4. The maximum Gasteiger partial charge on any atom is 0.187 e. The standard InChI is InChI=1S/C13H16N4S2/c1-6-5-10(11(12(14)18)8(3)15-6)17-13-16-7(2)9(4)19-13/h5H,1-4H3,(H2,14,18)(H,15,16,17). The summed E-state index contributed by atoms with van der Waals surface area (Å²) >= 11 is 6.72. The van der Waals surface area contributed by atoms with Crippen molar-refractivity contribution >= 4 is 39.4 Å². The number of pyridine rings is 1. The lowest BCUT2D eigenvalue weighted by molar-refractivity contribution is 1.11. The number of nitrogens with two attached hydrogens (primary N) is 1. The molecule has 2 aromatic rings. The third-order valence-electron chi connectivity index (χ3n) is 2.84. The Morgan fingerprint density at radius 2 is 1.89 bits per heavy atom. The smallest absolute Gasteiger partial charge is 0.187 e. The van der Waals surface area contributed by atoms with E-state index < -0.39 is 0 Å². The van der Waals surface area contributed by atoms with Crippen LogP contribution in [0.2, 0.25) is 0 Å². The second-order valence-electron chi connectivity index (χ2n) is 4.42. The molecule has 0 aliphatic rings. The average molecular weight is 292 g/mol. The van der Waals surface area contributed by atoms with E-state index in [0.29, 0.717) is 4.99 Å². The molecule has 0 saturated heterocycles. The lowest BCUT2D eigenvalue weighted by atomic mass is 10.1. The number of aryl methyl sites for hydroxylation is 4. The molecule has 100 valence electrons. The Kier molecular flexibility index (Phi) is 3.82. The Bertz CT molecular complexity index is 627. The summed E-state index contributed by atoms with van der Waals surface area (Å²) < 4.78 is 0. The van der Waals surface area contributed by atoms with Crippen LogP contribution in [0.15, 0.2) is 6.07 Å². The molecule has 0 fully saturated rings. The molecule has 2 aromatic heterocycles. The fourth-order valence-electron chi connectivity index (χ4n) is 1.88. The second kappa shape index (κ2) is 5.22. The van der Waals surface area contributed by atoms with Crippen LogP contribution in [0.4, 0.5) is 10.8 Å². The Morgan fingerprint density at radius 1 is 1.21 bits per heavy atom. The molecule has 2 rings (SSSR count). The van der Waals surface area contributed by atoms with Crippen molar-refractivity contribution in [2.45, 2.75) is 27.7 Å². The van der Waals surface area contributed by atoms with E-state index in [-0.39, 0.29) is 0 Å². The summed E-state index contributed by atoms with van der Waals surface area (Å²) in [5, 5.41) is 4.14. The molecule has 0 amide bonds. The zero-order chi connectivity index (χ0) is 14.2. The van der Waals surface area contributed by atoms with E-state index in [1.54, 1.807) is 11.3 Å². The number of nitrogens with zero attached hydrogens (tertiary/aromatic N) is 2. The highest BCUT2D eigenvalue weighted by atomic mass is 32.1. The van der Waals surface area contributed by atoms with Crippen LogP contribution < -0.4 is 11.1 Å². The maximum absolute atomic E-state index is 5.79. The molecule has 0 atom stereocenters. The molecule has 0 aromatic carbocycles. The van der Waals surface area contributed by atoms with Gasteiger partial charge < -0.3 is 11.1 Å². The van der Waals surface area contributed by atoms with Crippen molar-refractivity contribution in [1.29, 1.82) is 0 Å². The van der Waals surface area contributed by atoms with Crippen LogP contribution in [-0.4, -0.2) is 15.0 Å². The van der Waals surface area contributed by atoms with Gasteiger partial charge in [-0.05, 0) is 33.8 Å². The summed E-state index contributed by atoms with van der Waals surface area (Å²) in [6.07, 6.45) is 0. The van der Waals surface area contributed by atoms with E-state index in [1.807, 2.05) is 26.8 Å². The number of thiocarbonyl (C=S) groups is 1. The van der Waals surface area contributed by atoms with Crippen LogP contribution in [0.3, 0.4) is 0 Å². The molecule has 0 bridgehead atoms. The van der Waals surface area contributed by atoms with Crippen molar-refractivity contribution in [2.24, 2.45) is 5.73 Å². The number of anilines is 2. The lowest BCUT2D eigenvalue weighted by Gasteiger charge is -2.12. The Labute approximate surface area is 122 Å². The van der Waals surface area contributed by atoms with Crippen molar-refractivity contribution in [2.75, 3.05) is 5.32 Å². The summed E-state index contributed by atoms with van der Waals surface area (Å²) in [5.41, 5.74) is 10.2. The second-order valence-corrected chi connectivity index (χ2v) is 6.06. The topological polar surface area (TPSA) is 63.8 Å². The van der Waals surface area contributed by atoms with Gasteiger partial charge in [-0.2, -0.15) is 0 Å². The predicted molar refractivity (Wildman–Crippen MR) is 84.5 cm³/mol. The summed E-state index contributed by atoms with van der Waals surface area (Å²) in [7, 11) is 0. The number of aromatic nitrogens is 2. The molecule has 0 unspecified atom stereocenters. The van der Waals surface area contributed by atoms with Crippen molar-refractivity contribution in [3.63, 3.8) is 0 Å². The van der Waals surface area contributed by atoms with Gasteiger partial charge >= 0.3 is 0 Å². The van der Waals surface area contributed by atoms with E-state index in [2.05, 4.69) is 22.2 Å². The molecule has 2 heterocycles. The number of thiazole rings is 1. The molecule has 0 aliphatic carbocycles. The minimum absolute atomic E-state index is 0.345. The molecular weight excluding hydrogens is 276 g/mol. The highest BCUT2D eigenvalue weighted by Gasteiger charge is 2.13. The predicted octanol–water partition coefficient (Wildman–Crippen LogP) is 3.15. The Morgan fingerprint density at radius 3 is 2.42 bits per heavy atom. The first-order chi connectivity index (χ1) is 8.88. The fourth-order valence-corrected chi connectivity index (χ4v) is 2.96. The van der Waals surface area contributed by atoms with Gasteiger partial charge in [-0.15, -0.1) is 11.3 Å². The van der Waals surface area contributed by atoms with Crippen LogP contribution in [-0.2, 0) is 0 Å². The number of hydrogen-bond donors (Lipinski definition) is 2. The maximum atomic E-state index is 5.79. The zero-order valence-corrected chi connectivity index (χ0v) is 13.0. The van der Waals surface area contributed by atoms with Gasteiger partial charge in [-0.3, -0.25) is 4.98 Å². The third kappa shape index (κ3) is 2.90. The fraction of sp³-hybridized carbons (Fsp3) is 0.308. The van der Waals surface area contributed by atoms with Crippen LogP contribution in [0.25, 0.3) is 0 Å². The number of nitrogens with one attached hydrogen (secondary N) is 1. The molecule has 0 radical (unpaired) electrons. The Balaban J connectivity index is 2.46. The quantitative estimate of drug-likeness (QED) is 0.851. The van der Waals surface area contributed by atoms with Gasteiger partial charge in [0.05, 0.1) is 16.9 Å². The van der Waals surface area contributed by atoms with E-state index >= 15 is 0 Å². The molecule has 19 heavy (non-hydrogen) atoms. The van der Waals surface area contributed by atoms with Gasteiger partial charge in [0.25, 0.3) is 0 Å². The van der Waals surface area contributed by atoms with Crippen LogP contribution in [0.1, 0.15) is 27.5 Å². The highest BCUT2D eigenvalue weighted by Crippen LogP contribution is 2.28. The van der Waals surface area contributed by atoms with Crippen LogP contribution >= 0.6 is 23.6 Å². The van der Waals surface area contributed by atoms with Crippen molar-refractivity contribution in [1.82, 2.24) is 9.97 Å². The first kappa shape index (κ1) is 13.9. The first-order valence-electron chi connectivity index (χ1n) is 5.87. The SMILES string of the molecule is Cc1cc(Nc2nc(C)c(C)s2)c(C(N)=S)c(C)n1. The first-order valence-corrected chi connectivity index (χ1v) is 7.10. The normalized spacial score (nSPS) is 10.5. The summed E-state index contributed by atoms with van der Waals surface area (Å²) in [6.45, 7) is 7.90. The van der Waals surface area contributed by atoms with Crippen molar-refractivity contribution in [3.8, 4) is 0 Å². The van der Waals surface area contributed by atoms with Crippen molar-refractivity contribution in [3.05, 3.63) is 33.6 Å². The van der Waals surface area contributed by atoms with E-state index in [4.69, 9.17) is 18.0 Å². The van der Waals surface area contributed by atoms with Gasteiger partial charge in [-0.25, -0.2) is 4.98 Å². The molecule has 6 heteroatoms. The third-order valence-corrected chi connectivity index (χ3v) is 4.04. The lowest BCUT2D eigenvalue weighted by Crippen LogP contribution is -2.15. The van der Waals surface area contributed by atoms with Gasteiger partial charge in [0.2, 0.25) is 0 Å². The van der Waals surface area contributed by atoms with Gasteiger partial charge in [0, 0.05) is 16.3 Å². The van der Waals surface area contributed by atoms with E-state index in [1.165, 1.54) is 4.88 Å². The van der Waals surface area contributed by atoms with Crippen molar-refractivity contribution < 1.29 is 0 Å². The van der Waals surface area contributed by atoms with E-state index in [9.17, 15) is 0 Å². The highest BCUT2D eigenvalue weighted by molar-refractivity contribution is 7.80. The molecule has 0 aliphatic heterocycles. The monoisotopic (exact) mass is 292 g/mol. The van der Waals surface area contributed by atoms with Gasteiger partial charge in [0.15, 0.2) is 5.13 Å². The Hall–Kier alpha value is -1.53. The van der Waals surface area contributed by atoms with Gasteiger partial charge in [0.1, 0.15) is 4.99 Å². The zero-order valence-electron chi connectivity index (χ0n) is 11.4. The molecule has 4 nitrogen and oxygen atoms in total. The number of rotatable bonds is 3. The average Bonchev–Trinajstić information content (AvgIpc) is 2.55. The largest absolute Gasteiger partial charge is 0.389 e. The molecular formula is C13H16N4S2. The van der Waals surface area contributed by atoms with E-state index in [0.717, 1.165) is 33.5 Å². The molecule has 3 N–H and O–H groups in total.